The summed E-state index contributed by atoms with van der Waals surface area (Å²) in [4.78, 5) is 7.50. The first kappa shape index (κ1) is 22.1. The molecule has 2 aromatic rings. The van der Waals surface area contributed by atoms with E-state index in [1.165, 1.54) is 10.9 Å². The normalized spacial score (nSPS) is 12.6. The van der Waals surface area contributed by atoms with Gasteiger partial charge in [-0.25, -0.2) is 14.3 Å². The van der Waals surface area contributed by atoms with Crippen molar-refractivity contribution >= 4 is 47.6 Å². The maximum atomic E-state index is 13.1. The first-order chi connectivity index (χ1) is 12.5. The number of alkyl halides is 3. The molecular formula is C14H16ClF3N3O3S2Si. The summed E-state index contributed by atoms with van der Waals surface area (Å²) in [5.74, 6) is 0.0452. The van der Waals surface area contributed by atoms with E-state index in [9.17, 15) is 21.6 Å². The predicted molar refractivity (Wildman–Crippen MR) is 99.1 cm³/mol. The van der Waals surface area contributed by atoms with E-state index in [1.54, 1.807) is 0 Å². The van der Waals surface area contributed by atoms with Crippen LogP contribution in [-0.4, -0.2) is 40.5 Å². The zero-order valence-electron chi connectivity index (χ0n) is 14.3. The number of nitrogens with zero attached hydrogens (tertiary/aromatic N) is 3. The third-order valence-corrected chi connectivity index (χ3v) is 7.02. The van der Waals surface area contributed by atoms with E-state index in [4.69, 9.17) is 16.3 Å². The van der Waals surface area contributed by atoms with Gasteiger partial charge in [-0.3, -0.25) is 0 Å². The summed E-state index contributed by atoms with van der Waals surface area (Å²) in [6.07, 6.45) is -4.15. The van der Waals surface area contributed by atoms with Crippen molar-refractivity contribution in [2.75, 3.05) is 17.6 Å². The van der Waals surface area contributed by atoms with E-state index in [2.05, 4.69) is 23.1 Å². The second-order valence-corrected chi connectivity index (χ2v) is 11.5. The van der Waals surface area contributed by atoms with Crippen LogP contribution in [-0.2, 0) is 20.9 Å². The Morgan fingerprint density at radius 3 is 2.59 bits per heavy atom. The molecule has 0 saturated heterocycles. The number of sulfonamides is 1. The lowest BCUT2D eigenvalue weighted by Gasteiger charge is -2.22. The van der Waals surface area contributed by atoms with Crippen molar-refractivity contribution in [3.8, 4) is 0 Å². The molecule has 6 nitrogen and oxygen atoms in total. The molecule has 0 aliphatic carbocycles. The van der Waals surface area contributed by atoms with E-state index in [0.29, 0.717) is 18.9 Å². The Morgan fingerprint density at radius 2 is 2.04 bits per heavy atom. The lowest BCUT2D eigenvalue weighted by Crippen LogP contribution is -2.34. The minimum Gasteiger partial charge on any atom is -0.360 e. The summed E-state index contributed by atoms with van der Waals surface area (Å²) in [5.41, 5.74) is 0.133. The summed E-state index contributed by atoms with van der Waals surface area (Å²) in [7, 11) is -4.99. The van der Waals surface area contributed by atoms with Gasteiger partial charge in [-0.05, 0) is 12.1 Å². The van der Waals surface area contributed by atoms with Gasteiger partial charge in [0.1, 0.15) is 6.73 Å². The molecule has 0 aliphatic heterocycles. The zero-order chi connectivity index (χ0) is 20.2. The number of ether oxygens (including phenoxy) is 1. The smallest absolute Gasteiger partial charge is 0.360 e. The molecule has 13 heteroatoms. The number of anilines is 1. The minimum atomic E-state index is -4.81. The molecule has 0 bridgehead atoms. The average molecular weight is 459 g/mol. The van der Waals surface area contributed by atoms with E-state index < -0.39 is 40.6 Å². The summed E-state index contributed by atoms with van der Waals surface area (Å²) >= 11 is 6.66. The number of pyridine rings is 1. The number of thiazole rings is 1. The fourth-order valence-corrected chi connectivity index (χ4v) is 4.51. The predicted octanol–water partition coefficient (Wildman–Crippen LogP) is 4.13. The summed E-state index contributed by atoms with van der Waals surface area (Å²) in [5, 5.41) is -0.0128. The number of aromatic nitrogens is 2. The van der Waals surface area contributed by atoms with Crippen LogP contribution >= 0.6 is 22.9 Å². The van der Waals surface area contributed by atoms with Crippen LogP contribution in [0.3, 0.4) is 0 Å². The van der Waals surface area contributed by atoms with Gasteiger partial charge >= 0.3 is 6.18 Å². The summed E-state index contributed by atoms with van der Waals surface area (Å²) in [6, 6.07) is 1.21. The maximum Gasteiger partial charge on any atom is 0.418 e. The fourth-order valence-electron chi connectivity index (χ4n) is 1.90. The molecule has 1 radical (unpaired) electrons. The standard InChI is InChI=1S/C14H16ClF3N3O3S2Si/c1-27(2)4-3-24-9-21(12-7-25-8-20-12)26(22,23)13-5-10(14(16,17)18)11(15)6-19-13/h5-8H,3-4,9H2,1-2H3. The molecule has 0 N–H and O–H groups in total. The first-order valence-electron chi connectivity index (χ1n) is 7.54. The van der Waals surface area contributed by atoms with Gasteiger partial charge in [0.05, 0.1) is 16.1 Å². The van der Waals surface area contributed by atoms with Gasteiger partial charge in [-0.1, -0.05) is 24.7 Å². The highest BCUT2D eigenvalue weighted by molar-refractivity contribution is 7.92. The highest BCUT2D eigenvalue weighted by atomic mass is 35.5. The van der Waals surface area contributed by atoms with Crippen LogP contribution in [0.1, 0.15) is 5.56 Å². The molecule has 149 valence electrons. The van der Waals surface area contributed by atoms with Crippen molar-refractivity contribution in [2.45, 2.75) is 30.3 Å². The van der Waals surface area contributed by atoms with Gasteiger partial charge in [0.2, 0.25) is 0 Å². The quantitative estimate of drug-likeness (QED) is 0.338. The van der Waals surface area contributed by atoms with Crippen molar-refractivity contribution in [3.63, 3.8) is 0 Å². The Hall–Kier alpha value is -1.21. The van der Waals surface area contributed by atoms with Crippen LogP contribution in [0.4, 0.5) is 19.0 Å². The Kier molecular flexibility index (Phi) is 7.25. The van der Waals surface area contributed by atoms with Gasteiger partial charge < -0.3 is 4.74 Å². The molecule has 27 heavy (non-hydrogen) atoms. The van der Waals surface area contributed by atoms with Gasteiger partial charge in [0, 0.05) is 27.0 Å². The van der Waals surface area contributed by atoms with Gasteiger partial charge in [-0.15, -0.1) is 11.3 Å². The zero-order valence-corrected chi connectivity index (χ0v) is 17.7. The number of rotatable bonds is 8. The lowest BCUT2D eigenvalue weighted by molar-refractivity contribution is -0.137. The second-order valence-electron chi connectivity index (χ2n) is 5.69. The molecule has 2 aromatic heterocycles. The largest absolute Gasteiger partial charge is 0.418 e. The molecule has 0 unspecified atom stereocenters. The van der Waals surface area contributed by atoms with Crippen LogP contribution in [0.25, 0.3) is 0 Å². The maximum absolute atomic E-state index is 13.1. The molecule has 0 aliphatic rings. The monoisotopic (exact) mass is 458 g/mol. The van der Waals surface area contributed by atoms with Gasteiger partial charge in [0.25, 0.3) is 10.0 Å². The Bertz CT molecular complexity index is 864. The molecular weight excluding hydrogens is 443 g/mol. The molecule has 0 fully saturated rings. The number of hydrogen-bond donors (Lipinski definition) is 0. The number of halogens is 4. The molecule has 0 aromatic carbocycles. The van der Waals surface area contributed by atoms with Gasteiger partial charge in [-0.2, -0.15) is 21.6 Å². The van der Waals surface area contributed by atoms with Crippen LogP contribution in [0.2, 0.25) is 24.2 Å². The van der Waals surface area contributed by atoms with Crippen LogP contribution in [0.5, 0.6) is 0 Å². The Balaban J connectivity index is 2.36. The van der Waals surface area contributed by atoms with E-state index in [1.807, 2.05) is 0 Å². The van der Waals surface area contributed by atoms with E-state index in [-0.39, 0.29) is 12.5 Å². The molecule has 0 atom stereocenters. The molecule has 0 amide bonds. The van der Waals surface area contributed by atoms with E-state index in [0.717, 1.165) is 21.7 Å². The third kappa shape index (κ3) is 5.64. The highest BCUT2D eigenvalue weighted by Crippen LogP contribution is 2.36. The highest BCUT2D eigenvalue weighted by Gasteiger charge is 2.36. The number of hydrogen-bond acceptors (Lipinski definition) is 6. The average Bonchev–Trinajstić information content (AvgIpc) is 3.07. The van der Waals surface area contributed by atoms with Crippen molar-refractivity contribution in [1.82, 2.24) is 9.97 Å². The molecule has 2 heterocycles. The van der Waals surface area contributed by atoms with Crippen molar-refractivity contribution in [3.05, 3.63) is 33.7 Å². The Labute approximate surface area is 165 Å². The Morgan fingerprint density at radius 1 is 1.33 bits per heavy atom. The van der Waals surface area contributed by atoms with Crippen LogP contribution in [0, 0.1) is 0 Å². The van der Waals surface area contributed by atoms with Crippen molar-refractivity contribution in [1.29, 1.82) is 0 Å². The molecule has 0 saturated carbocycles. The van der Waals surface area contributed by atoms with Gasteiger partial charge in [0.15, 0.2) is 10.8 Å². The first-order valence-corrected chi connectivity index (χ1v) is 13.0. The van der Waals surface area contributed by atoms with Crippen LogP contribution < -0.4 is 4.31 Å². The van der Waals surface area contributed by atoms with Crippen molar-refractivity contribution < 1.29 is 26.3 Å². The van der Waals surface area contributed by atoms with Crippen LogP contribution in [0.15, 0.2) is 28.2 Å². The fraction of sp³-hybridized carbons (Fsp3) is 0.429. The molecule has 0 spiro atoms. The van der Waals surface area contributed by atoms with Crippen molar-refractivity contribution in [2.24, 2.45) is 0 Å². The van der Waals surface area contributed by atoms with E-state index >= 15 is 0 Å². The third-order valence-electron chi connectivity index (χ3n) is 3.32. The summed E-state index contributed by atoms with van der Waals surface area (Å²) in [6.45, 7) is 4.12. The lowest BCUT2D eigenvalue weighted by atomic mass is 10.2. The second kappa shape index (κ2) is 8.86. The minimum absolute atomic E-state index is 0.0452. The topological polar surface area (TPSA) is 72.4 Å². The summed E-state index contributed by atoms with van der Waals surface area (Å²) < 4.78 is 71.2. The SMILES string of the molecule is C[Si](C)CCOCN(c1cscn1)S(=O)(=O)c1cc(C(F)(F)F)c(Cl)cn1. The molecule has 2 rings (SSSR count).